The summed E-state index contributed by atoms with van der Waals surface area (Å²) < 4.78 is 15.3. The highest BCUT2D eigenvalue weighted by Gasteiger charge is 2.15. The Balaban J connectivity index is 1.87. The molecule has 0 atom stereocenters. The average molecular weight is 330 g/mol. The number of hydrogen-bond donors (Lipinski definition) is 0. The van der Waals surface area contributed by atoms with Gasteiger partial charge < -0.3 is 14.2 Å². The molecule has 126 valence electrons. The Morgan fingerprint density at radius 2 is 1.79 bits per heavy atom. The van der Waals surface area contributed by atoms with Crippen LogP contribution in [0.25, 0.3) is 0 Å². The first-order chi connectivity index (χ1) is 11.6. The van der Waals surface area contributed by atoms with Gasteiger partial charge in [-0.25, -0.2) is 19.6 Å². The van der Waals surface area contributed by atoms with E-state index < -0.39 is 18.5 Å². The summed E-state index contributed by atoms with van der Waals surface area (Å²) in [6, 6.07) is 6.58. The Hall–Kier alpha value is -2.96. The zero-order valence-electron chi connectivity index (χ0n) is 13.5. The summed E-state index contributed by atoms with van der Waals surface area (Å²) in [6.45, 7) is 3.80. The SMILES string of the molecule is CCOc1ccc(OC(=O)COC(=O)c2cncnc2CC)cc1. The summed E-state index contributed by atoms with van der Waals surface area (Å²) in [7, 11) is 0. The van der Waals surface area contributed by atoms with Crippen molar-refractivity contribution in [2.75, 3.05) is 13.2 Å². The molecule has 0 spiro atoms. The zero-order valence-corrected chi connectivity index (χ0v) is 13.5. The van der Waals surface area contributed by atoms with Gasteiger partial charge in [-0.15, -0.1) is 0 Å². The van der Waals surface area contributed by atoms with Crippen molar-refractivity contribution in [2.24, 2.45) is 0 Å². The number of rotatable bonds is 7. The zero-order chi connectivity index (χ0) is 17.4. The molecule has 0 amide bonds. The highest BCUT2D eigenvalue weighted by atomic mass is 16.6. The van der Waals surface area contributed by atoms with E-state index in [0.717, 1.165) is 0 Å². The van der Waals surface area contributed by atoms with Crippen LogP contribution in [0, 0.1) is 0 Å². The Kier molecular flexibility index (Phi) is 6.24. The summed E-state index contributed by atoms with van der Waals surface area (Å²) in [5.41, 5.74) is 0.809. The molecule has 0 saturated carbocycles. The van der Waals surface area contributed by atoms with Gasteiger partial charge in [0.05, 0.1) is 17.9 Å². The largest absolute Gasteiger partial charge is 0.494 e. The second kappa shape index (κ2) is 8.61. The van der Waals surface area contributed by atoms with E-state index >= 15 is 0 Å². The molecule has 1 aromatic heterocycles. The van der Waals surface area contributed by atoms with Crippen molar-refractivity contribution in [1.29, 1.82) is 0 Å². The second-order valence-electron chi connectivity index (χ2n) is 4.69. The Labute approximate surface area is 139 Å². The van der Waals surface area contributed by atoms with Crippen LogP contribution in [0.1, 0.15) is 29.9 Å². The molecule has 1 heterocycles. The van der Waals surface area contributed by atoms with E-state index in [-0.39, 0.29) is 5.56 Å². The van der Waals surface area contributed by atoms with Gasteiger partial charge in [0, 0.05) is 6.20 Å². The monoisotopic (exact) mass is 330 g/mol. The van der Waals surface area contributed by atoms with E-state index in [4.69, 9.17) is 14.2 Å². The maximum Gasteiger partial charge on any atom is 0.349 e. The predicted octanol–water partition coefficient (Wildman–Crippen LogP) is 2.20. The van der Waals surface area contributed by atoms with Crippen molar-refractivity contribution in [3.05, 3.63) is 48.0 Å². The molecule has 1 aromatic carbocycles. The molecule has 2 aromatic rings. The van der Waals surface area contributed by atoms with Crippen LogP contribution in [-0.4, -0.2) is 35.1 Å². The first-order valence-corrected chi connectivity index (χ1v) is 7.53. The lowest BCUT2D eigenvalue weighted by Gasteiger charge is -2.08. The van der Waals surface area contributed by atoms with Crippen LogP contribution in [0.15, 0.2) is 36.8 Å². The minimum Gasteiger partial charge on any atom is -0.494 e. The van der Waals surface area contributed by atoms with Crippen LogP contribution in [0.5, 0.6) is 11.5 Å². The number of ether oxygens (including phenoxy) is 3. The Bertz CT molecular complexity index is 700. The lowest BCUT2D eigenvalue weighted by molar-refractivity contribution is -0.137. The van der Waals surface area contributed by atoms with Crippen molar-refractivity contribution in [3.8, 4) is 11.5 Å². The number of aryl methyl sites for hydroxylation is 1. The molecule has 0 fully saturated rings. The number of nitrogens with zero attached hydrogens (tertiary/aromatic N) is 2. The lowest BCUT2D eigenvalue weighted by atomic mass is 10.2. The number of carbonyl (C=O) groups is 2. The van der Waals surface area contributed by atoms with Crippen LogP contribution in [0.3, 0.4) is 0 Å². The van der Waals surface area contributed by atoms with E-state index in [0.29, 0.717) is 30.2 Å². The molecule has 7 heteroatoms. The Morgan fingerprint density at radius 3 is 2.46 bits per heavy atom. The molecule has 24 heavy (non-hydrogen) atoms. The van der Waals surface area contributed by atoms with Gasteiger partial charge in [-0.1, -0.05) is 6.92 Å². The number of aromatic nitrogens is 2. The van der Waals surface area contributed by atoms with Crippen molar-refractivity contribution < 1.29 is 23.8 Å². The van der Waals surface area contributed by atoms with Crippen molar-refractivity contribution in [3.63, 3.8) is 0 Å². The quantitative estimate of drug-likeness (QED) is 0.568. The van der Waals surface area contributed by atoms with Crippen LogP contribution in [0.2, 0.25) is 0 Å². The van der Waals surface area contributed by atoms with Gasteiger partial charge in [-0.3, -0.25) is 0 Å². The van der Waals surface area contributed by atoms with Gasteiger partial charge in [0.15, 0.2) is 6.61 Å². The van der Waals surface area contributed by atoms with Gasteiger partial charge in [-0.2, -0.15) is 0 Å². The fraction of sp³-hybridized carbons (Fsp3) is 0.294. The summed E-state index contributed by atoms with van der Waals surface area (Å²) in [5.74, 6) is -0.310. The summed E-state index contributed by atoms with van der Waals surface area (Å²) in [4.78, 5) is 31.5. The Morgan fingerprint density at radius 1 is 1.08 bits per heavy atom. The standard InChI is InChI=1S/C17H18N2O5/c1-3-15-14(9-18-11-19-15)17(21)23-10-16(20)24-13-7-5-12(6-8-13)22-4-2/h5-9,11H,3-4,10H2,1-2H3. The van der Waals surface area contributed by atoms with E-state index in [1.54, 1.807) is 24.3 Å². The van der Waals surface area contributed by atoms with Crippen molar-refractivity contribution >= 4 is 11.9 Å². The van der Waals surface area contributed by atoms with Crippen molar-refractivity contribution in [2.45, 2.75) is 20.3 Å². The van der Waals surface area contributed by atoms with Gasteiger partial charge in [0.1, 0.15) is 17.8 Å². The van der Waals surface area contributed by atoms with Gasteiger partial charge in [0.25, 0.3) is 0 Å². The minimum atomic E-state index is -0.678. The van der Waals surface area contributed by atoms with E-state index in [1.165, 1.54) is 12.5 Å². The molecule has 0 saturated heterocycles. The van der Waals surface area contributed by atoms with Crippen LogP contribution in [0.4, 0.5) is 0 Å². The molecule has 7 nitrogen and oxygen atoms in total. The van der Waals surface area contributed by atoms with Crippen LogP contribution >= 0.6 is 0 Å². The van der Waals surface area contributed by atoms with Crippen LogP contribution in [-0.2, 0) is 16.0 Å². The fourth-order valence-electron chi connectivity index (χ4n) is 1.94. The number of esters is 2. The summed E-state index contributed by atoms with van der Waals surface area (Å²) in [6.07, 6.45) is 3.28. The molecular weight excluding hydrogens is 312 g/mol. The third-order valence-corrected chi connectivity index (χ3v) is 3.04. The highest BCUT2D eigenvalue weighted by molar-refractivity contribution is 5.91. The van der Waals surface area contributed by atoms with Gasteiger partial charge in [-0.05, 0) is 37.6 Å². The van der Waals surface area contributed by atoms with Gasteiger partial charge in [0.2, 0.25) is 0 Å². The minimum absolute atomic E-state index is 0.244. The fourth-order valence-corrected chi connectivity index (χ4v) is 1.94. The van der Waals surface area contributed by atoms with Crippen molar-refractivity contribution in [1.82, 2.24) is 9.97 Å². The number of carbonyl (C=O) groups excluding carboxylic acids is 2. The molecule has 0 aliphatic heterocycles. The molecule has 0 radical (unpaired) electrons. The molecule has 0 unspecified atom stereocenters. The molecular formula is C17H18N2O5. The maximum absolute atomic E-state index is 12.0. The second-order valence-corrected chi connectivity index (χ2v) is 4.69. The summed E-state index contributed by atoms with van der Waals surface area (Å²) >= 11 is 0. The molecule has 0 N–H and O–H groups in total. The van der Waals surface area contributed by atoms with E-state index in [1.807, 2.05) is 13.8 Å². The highest BCUT2D eigenvalue weighted by Crippen LogP contribution is 2.17. The van der Waals surface area contributed by atoms with E-state index in [2.05, 4.69) is 9.97 Å². The maximum atomic E-state index is 12.0. The first-order valence-electron chi connectivity index (χ1n) is 7.53. The molecule has 0 aliphatic carbocycles. The van der Waals surface area contributed by atoms with Gasteiger partial charge >= 0.3 is 11.9 Å². The topological polar surface area (TPSA) is 87.6 Å². The first kappa shape index (κ1) is 17.4. The third-order valence-electron chi connectivity index (χ3n) is 3.04. The third kappa shape index (κ3) is 4.77. The number of hydrogen-bond acceptors (Lipinski definition) is 7. The normalized spacial score (nSPS) is 10.1. The van der Waals surface area contributed by atoms with E-state index in [9.17, 15) is 9.59 Å². The smallest absolute Gasteiger partial charge is 0.349 e. The van der Waals surface area contributed by atoms with Crippen LogP contribution < -0.4 is 9.47 Å². The molecule has 0 aliphatic rings. The number of benzene rings is 1. The average Bonchev–Trinajstić information content (AvgIpc) is 2.61. The molecule has 2 rings (SSSR count). The lowest BCUT2D eigenvalue weighted by Crippen LogP contribution is -2.20. The molecule has 0 bridgehead atoms. The summed E-state index contributed by atoms with van der Waals surface area (Å²) in [5, 5.41) is 0. The predicted molar refractivity (Wildman–Crippen MR) is 84.9 cm³/mol.